The van der Waals surface area contributed by atoms with Gasteiger partial charge in [-0.05, 0) is 40.0 Å². The van der Waals surface area contributed by atoms with Crippen LogP contribution >= 0.6 is 0 Å². The van der Waals surface area contributed by atoms with E-state index < -0.39 is 11.2 Å². The maximum absolute atomic E-state index is 9.36. The molecule has 0 heterocycles. The summed E-state index contributed by atoms with van der Waals surface area (Å²) in [6.45, 7) is 12.2. The van der Waals surface area contributed by atoms with Crippen LogP contribution in [0.4, 0.5) is 0 Å². The van der Waals surface area contributed by atoms with Crippen molar-refractivity contribution >= 4 is 0 Å². The molecule has 4 heteroatoms. The molecule has 0 aromatic heterocycles. The third-order valence-electron chi connectivity index (χ3n) is 3.66. The highest BCUT2D eigenvalue weighted by Crippen LogP contribution is 2.22. The molecule has 1 atom stereocenters. The van der Waals surface area contributed by atoms with Crippen molar-refractivity contribution in [2.24, 2.45) is 5.92 Å². The van der Waals surface area contributed by atoms with E-state index in [1.807, 2.05) is 27.7 Å². The normalized spacial score (nSPS) is 14.8. The van der Waals surface area contributed by atoms with Gasteiger partial charge in [0.15, 0.2) is 0 Å². The molecule has 122 valence electrons. The molecule has 0 bridgehead atoms. The highest BCUT2D eigenvalue weighted by atomic mass is 16.6. The minimum Gasteiger partial charge on any atom is -0.393 e. The average Bonchev–Trinajstić information content (AvgIpc) is 2.41. The van der Waals surface area contributed by atoms with Gasteiger partial charge in [-0.1, -0.05) is 26.7 Å². The lowest BCUT2D eigenvalue weighted by atomic mass is 9.95. The molecule has 0 aliphatic rings. The van der Waals surface area contributed by atoms with E-state index >= 15 is 0 Å². The average molecular weight is 290 g/mol. The van der Waals surface area contributed by atoms with Gasteiger partial charge in [0, 0.05) is 0 Å². The Hall–Kier alpha value is -0.160. The van der Waals surface area contributed by atoms with Gasteiger partial charge in [-0.2, -0.15) is 0 Å². The van der Waals surface area contributed by atoms with Gasteiger partial charge >= 0.3 is 0 Å². The zero-order chi connectivity index (χ0) is 15.8. The standard InChI is InChI=1S/C16H34O4/c1-7-13(8-2)9-14(20-16(5,6)12-18)10-19-15(3,4)11-17/h13-14,17-18H,7-12H2,1-6H3. The summed E-state index contributed by atoms with van der Waals surface area (Å²) in [6.07, 6.45) is 3.07. The molecule has 0 saturated heterocycles. The smallest absolute Gasteiger partial charge is 0.0861 e. The van der Waals surface area contributed by atoms with Gasteiger partial charge in [-0.15, -0.1) is 0 Å². The van der Waals surface area contributed by atoms with Gasteiger partial charge in [0.25, 0.3) is 0 Å². The molecule has 0 rings (SSSR count). The van der Waals surface area contributed by atoms with Gasteiger partial charge in [0.2, 0.25) is 0 Å². The van der Waals surface area contributed by atoms with Crippen LogP contribution in [-0.2, 0) is 9.47 Å². The van der Waals surface area contributed by atoms with Crippen LogP contribution < -0.4 is 0 Å². The van der Waals surface area contributed by atoms with Crippen LogP contribution in [0.3, 0.4) is 0 Å². The Morgan fingerprint density at radius 1 is 0.900 bits per heavy atom. The Labute approximate surface area is 124 Å². The largest absolute Gasteiger partial charge is 0.393 e. The molecule has 0 amide bonds. The van der Waals surface area contributed by atoms with Crippen molar-refractivity contribution in [3.63, 3.8) is 0 Å². The summed E-state index contributed by atoms with van der Waals surface area (Å²) in [7, 11) is 0. The highest BCUT2D eigenvalue weighted by molar-refractivity contribution is 4.75. The molecule has 0 saturated carbocycles. The summed E-state index contributed by atoms with van der Waals surface area (Å²) in [6, 6.07) is 0. The van der Waals surface area contributed by atoms with Gasteiger partial charge < -0.3 is 19.7 Å². The predicted molar refractivity (Wildman–Crippen MR) is 81.8 cm³/mol. The van der Waals surface area contributed by atoms with Crippen LogP contribution in [0.1, 0.15) is 60.8 Å². The lowest BCUT2D eigenvalue weighted by Crippen LogP contribution is -2.40. The SMILES string of the molecule is CCC(CC)CC(COC(C)(C)CO)OC(C)(C)CO. The molecule has 0 aromatic carbocycles. The van der Waals surface area contributed by atoms with Crippen molar-refractivity contribution < 1.29 is 19.7 Å². The zero-order valence-corrected chi connectivity index (χ0v) is 14.1. The van der Waals surface area contributed by atoms with Gasteiger partial charge in [-0.25, -0.2) is 0 Å². The van der Waals surface area contributed by atoms with Crippen LogP contribution in [0, 0.1) is 5.92 Å². The maximum Gasteiger partial charge on any atom is 0.0861 e. The summed E-state index contributed by atoms with van der Waals surface area (Å²) in [5.74, 6) is 0.593. The van der Waals surface area contributed by atoms with Crippen molar-refractivity contribution in [1.29, 1.82) is 0 Å². The Bertz CT molecular complexity index is 247. The van der Waals surface area contributed by atoms with Gasteiger partial charge in [0.05, 0.1) is 37.1 Å². The predicted octanol–water partition coefficient (Wildman–Crippen LogP) is 2.76. The van der Waals surface area contributed by atoms with E-state index in [4.69, 9.17) is 9.47 Å². The van der Waals surface area contributed by atoms with E-state index in [0.29, 0.717) is 12.5 Å². The first kappa shape index (κ1) is 19.8. The first-order valence-corrected chi connectivity index (χ1v) is 7.73. The van der Waals surface area contributed by atoms with Gasteiger partial charge in [-0.3, -0.25) is 0 Å². The van der Waals surface area contributed by atoms with E-state index in [-0.39, 0.29) is 19.3 Å². The van der Waals surface area contributed by atoms with E-state index in [1.54, 1.807) is 0 Å². The summed E-state index contributed by atoms with van der Waals surface area (Å²) in [4.78, 5) is 0. The maximum atomic E-state index is 9.36. The molecule has 2 N–H and O–H groups in total. The van der Waals surface area contributed by atoms with E-state index in [9.17, 15) is 10.2 Å². The molecular formula is C16H34O4. The highest BCUT2D eigenvalue weighted by Gasteiger charge is 2.27. The monoisotopic (exact) mass is 290 g/mol. The second-order valence-corrected chi connectivity index (χ2v) is 6.80. The number of rotatable bonds is 11. The molecule has 0 aromatic rings. The first-order valence-electron chi connectivity index (χ1n) is 7.73. The fourth-order valence-electron chi connectivity index (χ4n) is 2.00. The quantitative estimate of drug-likeness (QED) is 0.614. The number of hydrogen-bond donors (Lipinski definition) is 2. The lowest BCUT2D eigenvalue weighted by molar-refractivity contribution is -0.154. The molecule has 0 spiro atoms. The summed E-state index contributed by atoms with van der Waals surface area (Å²) in [5.41, 5.74) is -1.12. The van der Waals surface area contributed by atoms with Crippen molar-refractivity contribution in [1.82, 2.24) is 0 Å². The Morgan fingerprint density at radius 2 is 1.40 bits per heavy atom. The molecule has 0 fully saturated rings. The van der Waals surface area contributed by atoms with E-state index in [0.717, 1.165) is 19.3 Å². The van der Waals surface area contributed by atoms with Crippen LogP contribution in [0.15, 0.2) is 0 Å². The molecule has 0 aliphatic carbocycles. The van der Waals surface area contributed by atoms with Crippen molar-refractivity contribution in [2.45, 2.75) is 78.1 Å². The van der Waals surface area contributed by atoms with Crippen molar-refractivity contribution in [2.75, 3.05) is 19.8 Å². The second kappa shape index (κ2) is 8.98. The number of aliphatic hydroxyl groups excluding tert-OH is 2. The molecule has 4 nitrogen and oxygen atoms in total. The Kier molecular flexibility index (Phi) is 8.91. The Morgan fingerprint density at radius 3 is 1.80 bits per heavy atom. The third-order valence-corrected chi connectivity index (χ3v) is 3.66. The number of aliphatic hydroxyl groups is 2. The van der Waals surface area contributed by atoms with Crippen molar-refractivity contribution in [3.8, 4) is 0 Å². The fourth-order valence-corrected chi connectivity index (χ4v) is 2.00. The van der Waals surface area contributed by atoms with E-state index in [1.165, 1.54) is 0 Å². The minimum absolute atomic E-state index is 0.0180. The van der Waals surface area contributed by atoms with Crippen LogP contribution in [0.2, 0.25) is 0 Å². The molecule has 0 aliphatic heterocycles. The van der Waals surface area contributed by atoms with E-state index in [2.05, 4.69) is 13.8 Å². The third kappa shape index (κ3) is 8.20. The van der Waals surface area contributed by atoms with Crippen LogP contribution in [0.25, 0.3) is 0 Å². The molecule has 0 radical (unpaired) electrons. The first-order chi connectivity index (χ1) is 9.19. The Balaban J connectivity index is 4.62. The summed E-state index contributed by atoms with van der Waals surface area (Å²) >= 11 is 0. The zero-order valence-electron chi connectivity index (χ0n) is 14.1. The van der Waals surface area contributed by atoms with Crippen LogP contribution in [-0.4, -0.2) is 47.3 Å². The summed E-state index contributed by atoms with van der Waals surface area (Å²) in [5, 5.41) is 18.6. The number of ether oxygens (including phenoxy) is 2. The molecular weight excluding hydrogens is 256 g/mol. The molecule has 1 unspecified atom stereocenters. The van der Waals surface area contributed by atoms with Crippen LogP contribution in [0.5, 0.6) is 0 Å². The second-order valence-electron chi connectivity index (χ2n) is 6.80. The van der Waals surface area contributed by atoms with Gasteiger partial charge in [0.1, 0.15) is 0 Å². The minimum atomic E-state index is -0.566. The fraction of sp³-hybridized carbons (Fsp3) is 1.00. The number of hydrogen-bond acceptors (Lipinski definition) is 4. The lowest BCUT2D eigenvalue weighted by Gasteiger charge is -2.33. The summed E-state index contributed by atoms with van der Waals surface area (Å²) < 4.78 is 11.8. The molecule has 20 heavy (non-hydrogen) atoms. The van der Waals surface area contributed by atoms with Crippen molar-refractivity contribution in [3.05, 3.63) is 0 Å². The topological polar surface area (TPSA) is 58.9 Å².